The maximum atomic E-state index is 4.70. The van der Waals surface area contributed by atoms with Crippen molar-refractivity contribution in [3.63, 3.8) is 0 Å². The number of hydrogen-bond donors (Lipinski definition) is 2. The van der Waals surface area contributed by atoms with E-state index in [4.69, 9.17) is 4.99 Å². The summed E-state index contributed by atoms with van der Waals surface area (Å²) in [6, 6.07) is 16.4. The Morgan fingerprint density at radius 2 is 1.93 bits per heavy atom. The van der Waals surface area contributed by atoms with Crippen molar-refractivity contribution in [3.8, 4) is 0 Å². The Morgan fingerprint density at radius 1 is 1.04 bits per heavy atom. The van der Waals surface area contributed by atoms with E-state index in [0.717, 1.165) is 37.7 Å². The van der Waals surface area contributed by atoms with Gasteiger partial charge < -0.3 is 10.6 Å². The van der Waals surface area contributed by atoms with Gasteiger partial charge in [-0.3, -0.25) is 9.67 Å². The summed E-state index contributed by atoms with van der Waals surface area (Å²) in [5, 5.41) is 10.9. The molecule has 3 aromatic rings. The van der Waals surface area contributed by atoms with Gasteiger partial charge in [0.1, 0.15) is 0 Å². The van der Waals surface area contributed by atoms with Crippen LogP contribution in [0, 0.1) is 0 Å². The van der Waals surface area contributed by atoms with Crippen molar-refractivity contribution in [2.75, 3.05) is 13.1 Å². The third kappa shape index (κ3) is 7.30. The third-order valence-electron chi connectivity index (χ3n) is 4.06. The molecule has 148 valence electrons. The first-order valence-electron chi connectivity index (χ1n) is 9.31. The number of halogens is 1. The van der Waals surface area contributed by atoms with Gasteiger partial charge in [0.2, 0.25) is 0 Å². The summed E-state index contributed by atoms with van der Waals surface area (Å²) in [6.45, 7) is 5.09. The Balaban J connectivity index is 0.00000280. The normalized spacial score (nSPS) is 11.0. The predicted octanol–water partition coefficient (Wildman–Crippen LogP) is 3.24. The highest BCUT2D eigenvalue weighted by Gasteiger charge is 2.01. The van der Waals surface area contributed by atoms with Crippen LogP contribution >= 0.6 is 24.0 Å². The van der Waals surface area contributed by atoms with Crippen molar-refractivity contribution in [1.82, 2.24) is 25.4 Å². The quantitative estimate of drug-likeness (QED) is 0.289. The first-order chi connectivity index (χ1) is 13.3. The smallest absolute Gasteiger partial charge is 0.191 e. The van der Waals surface area contributed by atoms with Gasteiger partial charge in [0.25, 0.3) is 0 Å². The van der Waals surface area contributed by atoms with E-state index in [0.29, 0.717) is 6.54 Å². The number of guanidine groups is 1. The van der Waals surface area contributed by atoms with E-state index < -0.39 is 0 Å². The molecule has 0 unspecified atom stereocenters. The topological polar surface area (TPSA) is 67.1 Å². The van der Waals surface area contributed by atoms with Crippen LogP contribution < -0.4 is 10.6 Å². The minimum absolute atomic E-state index is 0. The van der Waals surface area contributed by atoms with Gasteiger partial charge >= 0.3 is 0 Å². The summed E-state index contributed by atoms with van der Waals surface area (Å²) in [5.74, 6) is 0.825. The summed E-state index contributed by atoms with van der Waals surface area (Å²) in [7, 11) is 0. The van der Waals surface area contributed by atoms with Gasteiger partial charge in [-0.2, -0.15) is 5.10 Å². The number of benzene rings is 1. The van der Waals surface area contributed by atoms with Crippen LogP contribution in [0.5, 0.6) is 0 Å². The lowest BCUT2D eigenvalue weighted by Gasteiger charge is -2.11. The predicted molar refractivity (Wildman–Crippen MR) is 124 cm³/mol. The molecule has 0 spiro atoms. The van der Waals surface area contributed by atoms with Crippen LogP contribution in [0.2, 0.25) is 0 Å². The number of aromatic nitrogens is 3. The minimum Gasteiger partial charge on any atom is -0.357 e. The van der Waals surface area contributed by atoms with Crippen molar-refractivity contribution in [1.29, 1.82) is 0 Å². The lowest BCUT2D eigenvalue weighted by atomic mass is 10.1. The van der Waals surface area contributed by atoms with Crippen LogP contribution in [0.3, 0.4) is 0 Å². The fourth-order valence-corrected chi connectivity index (χ4v) is 2.77. The molecule has 0 aliphatic carbocycles. The van der Waals surface area contributed by atoms with Crippen molar-refractivity contribution in [3.05, 3.63) is 83.9 Å². The highest BCUT2D eigenvalue weighted by atomic mass is 127. The molecule has 0 saturated heterocycles. The molecule has 7 heteroatoms. The SMILES string of the molecule is CCNC(=NCc1cccc(Cn2cccn2)c1)NCCc1ccccn1.I. The maximum Gasteiger partial charge on any atom is 0.191 e. The molecule has 28 heavy (non-hydrogen) atoms. The Labute approximate surface area is 183 Å². The second-order valence-electron chi connectivity index (χ2n) is 6.22. The fraction of sp³-hybridized carbons (Fsp3) is 0.286. The van der Waals surface area contributed by atoms with Crippen molar-refractivity contribution < 1.29 is 0 Å². The van der Waals surface area contributed by atoms with E-state index in [2.05, 4.69) is 51.9 Å². The molecule has 0 bridgehead atoms. The molecular formula is C21H27IN6. The molecule has 0 fully saturated rings. The maximum absolute atomic E-state index is 4.70. The van der Waals surface area contributed by atoms with Gasteiger partial charge in [-0.25, -0.2) is 4.99 Å². The zero-order chi connectivity index (χ0) is 18.7. The second kappa shape index (κ2) is 12.1. The van der Waals surface area contributed by atoms with Crippen LogP contribution in [0.4, 0.5) is 0 Å². The number of nitrogens with zero attached hydrogens (tertiary/aromatic N) is 4. The molecule has 0 aliphatic heterocycles. The highest BCUT2D eigenvalue weighted by Crippen LogP contribution is 2.08. The van der Waals surface area contributed by atoms with E-state index in [1.807, 2.05) is 41.3 Å². The van der Waals surface area contributed by atoms with Gasteiger partial charge in [0, 0.05) is 43.8 Å². The van der Waals surface area contributed by atoms with E-state index in [1.165, 1.54) is 11.1 Å². The third-order valence-corrected chi connectivity index (χ3v) is 4.06. The molecule has 1 aromatic carbocycles. The molecule has 0 amide bonds. The Bertz CT molecular complexity index is 833. The largest absolute Gasteiger partial charge is 0.357 e. The van der Waals surface area contributed by atoms with E-state index in [9.17, 15) is 0 Å². The molecule has 0 atom stereocenters. The van der Waals surface area contributed by atoms with E-state index >= 15 is 0 Å². The number of aliphatic imine (C=N–C) groups is 1. The molecule has 3 rings (SSSR count). The van der Waals surface area contributed by atoms with Crippen molar-refractivity contribution in [2.24, 2.45) is 4.99 Å². The number of hydrogen-bond acceptors (Lipinski definition) is 3. The summed E-state index contributed by atoms with van der Waals surface area (Å²) in [5.41, 5.74) is 3.48. The first kappa shape index (κ1) is 21.9. The zero-order valence-electron chi connectivity index (χ0n) is 16.1. The summed E-state index contributed by atoms with van der Waals surface area (Å²) in [4.78, 5) is 9.05. The number of rotatable bonds is 8. The minimum atomic E-state index is 0. The molecule has 2 aromatic heterocycles. The Kier molecular flexibility index (Phi) is 9.47. The van der Waals surface area contributed by atoms with Gasteiger partial charge in [-0.1, -0.05) is 30.3 Å². The van der Waals surface area contributed by atoms with Crippen LogP contribution in [0.15, 0.2) is 72.1 Å². The lowest BCUT2D eigenvalue weighted by Crippen LogP contribution is -2.38. The van der Waals surface area contributed by atoms with Crippen molar-refractivity contribution >= 4 is 29.9 Å². The number of pyridine rings is 1. The van der Waals surface area contributed by atoms with Gasteiger partial charge in [0.15, 0.2) is 5.96 Å². The first-order valence-corrected chi connectivity index (χ1v) is 9.31. The van der Waals surface area contributed by atoms with Gasteiger partial charge in [-0.05, 0) is 36.2 Å². The highest BCUT2D eigenvalue weighted by molar-refractivity contribution is 14.0. The van der Waals surface area contributed by atoms with Gasteiger partial charge in [0.05, 0.1) is 13.1 Å². The number of nitrogens with one attached hydrogen (secondary N) is 2. The molecule has 2 heterocycles. The average molecular weight is 490 g/mol. The van der Waals surface area contributed by atoms with Crippen LogP contribution in [0.25, 0.3) is 0 Å². The molecule has 2 N–H and O–H groups in total. The Hall–Kier alpha value is -2.42. The van der Waals surface area contributed by atoms with Crippen LogP contribution in [-0.2, 0) is 19.5 Å². The molecule has 0 radical (unpaired) electrons. The van der Waals surface area contributed by atoms with Crippen molar-refractivity contribution in [2.45, 2.75) is 26.4 Å². The fourth-order valence-electron chi connectivity index (χ4n) is 2.77. The Morgan fingerprint density at radius 3 is 2.68 bits per heavy atom. The van der Waals surface area contributed by atoms with E-state index in [1.54, 1.807) is 6.20 Å². The molecule has 0 saturated carbocycles. The average Bonchev–Trinajstić information content (AvgIpc) is 3.20. The molecule has 0 aliphatic rings. The summed E-state index contributed by atoms with van der Waals surface area (Å²) >= 11 is 0. The van der Waals surface area contributed by atoms with Crippen LogP contribution in [-0.4, -0.2) is 33.8 Å². The lowest BCUT2D eigenvalue weighted by molar-refractivity contribution is 0.686. The summed E-state index contributed by atoms with van der Waals surface area (Å²) < 4.78 is 1.92. The second-order valence-corrected chi connectivity index (χ2v) is 6.22. The van der Waals surface area contributed by atoms with Gasteiger partial charge in [-0.15, -0.1) is 24.0 Å². The zero-order valence-corrected chi connectivity index (χ0v) is 18.4. The molecular weight excluding hydrogens is 463 g/mol. The standard InChI is InChI=1S/C21H26N6.HI/c1-2-22-21(24-13-10-20-9-3-4-11-23-20)25-16-18-7-5-8-19(15-18)17-27-14-6-12-26-27;/h3-9,11-12,14-15H,2,10,13,16-17H2,1H3,(H2,22,24,25);1H. The molecule has 6 nitrogen and oxygen atoms in total. The van der Waals surface area contributed by atoms with E-state index in [-0.39, 0.29) is 24.0 Å². The van der Waals surface area contributed by atoms with Crippen LogP contribution in [0.1, 0.15) is 23.7 Å². The monoisotopic (exact) mass is 490 g/mol. The summed E-state index contributed by atoms with van der Waals surface area (Å²) in [6.07, 6.45) is 6.46.